The van der Waals surface area contributed by atoms with Gasteiger partial charge in [0, 0.05) is 43.2 Å². The van der Waals surface area contributed by atoms with Crippen molar-refractivity contribution >= 4 is 5.91 Å². The third-order valence-electron chi connectivity index (χ3n) is 5.44. The fraction of sp³-hybridized carbons (Fsp3) is 0.250. The lowest BCUT2D eigenvalue weighted by Gasteiger charge is -2.39. The summed E-state index contributed by atoms with van der Waals surface area (Å²) in [7, 11) is 1.66. The normalized spacial score (nSPS) is 15.0. The molecule has 4 heteroatoms. The van der Waals surface area contributed by atoms with Gasteiger partial charge >= 0.3 is 0 Å². The van der Waals surface area contributed by atoms with Crippen molar-refractivity contribution in [2.24, 2.45) is 0 Å². The molecule has 1 fully saturated rings. The van der Waals surface area contributed by atoms with E-state index in [9.17, 15) is 4.79 Å². The highest BCUT2D eigenvalue weighted by atomic mass is 16.5. The number of carbonyl (C=O) groups is 1. The second-order valence-electron chi connectivity index (χ2n) is 7.19. The Morgan fingerprint density at radius 2 is 1.68 bits per heavy atom. The van der Waals surface area contributed by atoms with Crippen molar-refractivity contribution < 1.29 is 9.53 Å². The van der Waals surface area contributed by atoms with E-state index in [2.05, 4.69) is 29.2 Å². The highest BCUT2D eigenvalue weighted by molar-refractivity contribution is 5.79. The zero-order chi connectivity index (χ0) is 19.3. The molecule has 1 amide bonds. The topological polar surface area (TPSA) is 42.4 Å². The smallest absolute Gasteiger partial charge is 0.223 e. The largest absolute Gasteiger partial charge is 0.497 e. The molecular formula is C24H24N2O2. The number of hydrogen-bond acceptors (Lipinski definition) is 3. The fourth-order valence-corrected chi connectivity index (χ4v) is 3.74. The van der Waals surface area contributed by atoms with Gasteiger partial charge in [0.1, 0.15) is 5.75 Å². The molecule has 1 aliphatic rings. The number of benzene rings is 2. The lowest BCUT2D eigenvalue weighted by molar-refractivity contribution is -0.135. The molecule has 4 nitrogen and oxygen atoms in total. The van der Waals surface area contributed by atoms with Crippen molar-refractivity contribution in [3.8, 4) is 5.75 Å². The number of hydrogen-bond donors (Lipinski definition) is 0. The molecule has 0 aliphatic carbocycles. The summed E-state index contributed by atoms with van der Waals surface area (Å²) in [4.78, 5) is 19.3. The van der Waals surface area contributed by atoms with Gasteiger partial charge in [0.2, 0.25) is 5.91 Å². The summed E-state index contributed by atoms with van der Waals surface area (Å²) >= 11 is 0. The third-order valence-corrected chi connectivity index (χ3v) is 5.44. The maximum absolute atomic E-state index is 13.0. The number of nitrogens with zero attached hydrogens (tertiary/aromatic N) is 2. The highest BCUT2D eigenvalue weighted by Crippen LogP contribution is 2.32. The number of carbonyl (C=O) groups excluding carboxylic acids is 1. The van der Waals surface area contributed by atoms with Crippen molar-refractivity contribution in [3.05, 3.63) is 95.8 Å². The number of aromatic nitrogens is 1. The molecule has 2 heterocycles. The van der Waals surface area contributed by atoms with Crippen LogP contribution in [0.5, 0.6) is 5.75 Å². The molecular weight excluding hydrogens is 348 g/mol. The number of rotatable bonds is 6. The SMILES string of the molecule is COc1ccc([C@H](CC(=O)N2CC(c3ccccn3)C2)c2ccccc2)cc1. The van der Waals surface area contributed by atoms with Crippen LogP contribution in [0, 0.1) is 0 Å². The maximum Gasteiger partial charge on any atom is 0.223 e. The molecule has 0 saturated carbocycles. The first kappa shape index (κ1) is 18.2. The lowest BCUT2D eigenvalue weighted by Crippen LogP contribution is -2.49. The van der Waals surface area contributed by atoms with E-state index >= 15 is 0 Å². The number of likely N-dealkylation sites (tertiary alicyclic amines) is 1. The van der Waals surface area contributed by atoms with E-state index in [-0.39, 0.29) is 11.8 Å². The summed E-state index contributed by atoms with van der Waals surface area (Å²) in [5.74, 6) is 1.40. The van der Waals surface area contributed by atoms with Crippen LogP contribution in [0.2, 0.25) is 0 Å². The van der Waals surface area contributed by atoms with E-state index in [0.717, 1.165) is 35.7 Å². The highest BCUT2D eigenvalue weighted by Gasteiger charge is 2.33. The average Bonchev–Trinajstić information content (AvgIpc) is 2.72. The average molecular weight is 372 g/mol. The zero-order valence-electron chi connectivity index (χ0n) is 16.0. The van der Waals surface area contributed by atoms with Crippen LogP contribution in [0.4, 0.5) is 0 Å². The summed E-state index contributed by atoms with van der Waals surface area (Å²) < 4.78 is 5.27. The van der Waals surface area contributed by atoms with E-state index in [0.29, 0.717) is 12.3 Å². The Kier molecular flexibility index (Phi) is 5.38. The first-order valence-corrected chi connectivity index (χ1v) is 9.62. The zero-order valence-corrected chi connectivity index (χ0v) is 16.0. The van der Waals surface area contributed by atoms with Crippen molar-refractivity contribution in [2.75, 3.05) is 20.2 Å². The molecule has 3 aromatic rings. The molecule has 1 aliphatic heterocycles. The van der Waals surface area contributed by atoms with Crippen LogP contribution in [0.25, 0.3) is 0 Å². The third kappa shape index (κ3) is 3.91. The van der Waals surface area contributed by atoms with Gasteiger partial charge in [-0.2, -0.15) is 0 Å². The van der Waals surface area contributed by atoms with Gasteiger partial charge in [-0.3, -0.25) is 9.78 Å². The molecule has 4 rings (SSSR count). The second kappa shape index (κ2) is 8.26. The summed E-state index contributed by atoms with van der Waals surface area (Å²) in [5.41, 5.74) is 3.35. The van der Waals surface area contributed by atoms with Gasteiger partial charge in [-0.05, 0) is 35.4 Å². The van der Waals surface area contributed by atoms with E-state index in [1.165, 1.54) is 0 Å². The summed E-state index contributed by atoms with van der Waals surface area (Å²) in [6.45, 7) is 1.50. The molecule has 2 aromatic carbocycles. The first-order chi connectivity index (χ1) is 13.7. The van der Waals surface area contributed by atoms with Gasteiger partial charge in [0.25, 0.3) is 0 Å². The number of methoxy groups -OCH3 is 1. The van der Waals surface area contributed by atoms with E-state index < -0.39 is 0 Å². The predicted molar refractivity (Wildman–Crippen MR) is 109 cm³/mol. The molecule has 1 atom stereocenters. The molecule has 0 bridgehead atoms. The minimum atomic E-state index is 0.0357. The van der Waals surface area contributed by atoms with E-state index in [4.69, 9.17) is 4.74 Å². The van der Waals surface area contributed by atoms with Gasteiger partial charge in [-0.1, -0.05) is 48.5 Å². The molecule has 0 unspecified atom stereocenters. The van der Waals surface area contributed by atoms with Crippen molar-refractivity contribution in [2.45, 2.75) is 18.3 Å². The van der Waals surface area contributed by atoms with E-state index in [1.807, 2.05) is 59.6 Å². The van der Waals surface area contributed by atoms with Crippen LogP contribution in [-0.4, -0.2) is 36.0 Å². The van der Waals surface area contributed by atoms with Crippen LogP contribution < -0.4 is 4.74 Å². The predicted octanol–water partition coefficient (Wildman–Crippen LogP) is 4.24. The summed E-state index contributed by atoms with van der Waals surface area (Å²) in [6, 6.07) is 24.2. The van der Waals surface area contributed by atoms with Gasteiger partial charge in [0.05, 0.1) is 7.11 Å². The number of amides is 1. The van der Waals surface area contributed by atoms with Gasteiger partial charge in [-0.25, -0.2) is 0 Å². The minimum Gasteiger partial charge on any atom is -0.497 e. The Morgan fingerprint density at radius 3 is 2.32 bits per heavy atom. The first-order valence-electron chi connectivity index (χ1n) is 9.62. The molecule has 1 saturated heterocycles. The van der Waals surface area contributed by atoms with E-state index in [1.54, 1.807) is 7.11 Å². The lowest BCUT2D eigenvalue weighted by atomic mass is 9.87. The molecule has 0 radical (unpaired) electrons. The van der Waals surface area contributed by atoms with Crippen LogP contribution in [0.1, 0.15) is 35.1 Å². The van der Waals surface area contributed by atoms with Crippen molar-refractivity contribution in [1.82, 2.24) is 9.88 Å². The monoisotopic (exact) mass is 372 g/mol. The number of pyridine rings is 1. The van der Waals surface area contributed by atoms with Crippen LogP contribution in [0.15, 0.2) is 79.0 Å². The Labute approximate surface area is 165 Å². The molecule has 0 spiro atoms. The van der Waals surface area contributed by atoms with Gasteiger partial charge < -0.3 is 9.64 Å². The Bertz CT molecular complexity index is 904. The van der Waals surface area contributed by atoms with Crippen molar-refractivity contribution in [1.29, 1.82) is 0 Å². The number of ether oxygens (including phenoxy) is 1. The quantitative estimate of drug-likeness (QED) is 0.650. The summed E-state index contributed by atoms with van der Waals surface area (Å²) in [6.07, 6.45) is 2.28. The van der Waals surface area contributed by atoms with Crippen LogP contribution in [0.3, 0.4) is 0 Å². The Hall–Kier alpha value is -3.14. The maximum atomic E-state index is 13.0. The minimum absolute atomic E-state index is 0.0357. The van der Waals surface area contributed by atoms with Gasteiger partial charge in [-0.15, -0.1) is 0 Å². The molecule has 28 heavy (non-hydrogen) atoms. The standard InChI is InChI=1S/C24H24N2O2/c1-28-21-12-10-19(11-13-21)22(18-7-3-2-4-8-18)15-24(27)26-16-20(17-26)23-9-5-6-14-25-23/h2-14,20,22H,15-17H2,1H3/t22-/m1/s1. The Morgan fingerprint density at radius 1 is 1.00 bits per heavy atom. The second-order valence-corrected chi connectivity index (χ2v) is 7.19. The molecule has 1 aromatic heterocycles. The van der Waals surface area contributed by atoms with Gasteiger partial charge in [0.15, 0.2) is 0 Å². The molecule has 0 N–H and O–H groups in total. The fourth-order valence-electron chi connectivity index (χ4n) is 3.74. The summed E-state index contributed by atoms with van der Waals surface area (Å²) in [5, 5.41) is 0. The van der Waals surface area contributed by atoms with Crippen LogP contribution >= 0.6 is 0 Å². The molecule has 142 valence electrons. The Balaban J connectivity index is 1.47. The van der Waals surface area contributed by atoms with Crippen LogP contribution in [-0.2, 0) is 4.79 Å². The van der Waals surface area contributed by atoms with Crippen molar-refractivity contribution in [3.63, 3.8) is 0 Å².